The molecular formula is C10H9ClN2O. The van der Waals surface area contributed by atoms with Crippen molar-refractivity contribution in [2.75, 3.05) is 5.32 Å². The van der Waals surface area contributed by atoms with Crippen molar-refractivity contribution in [2.24, 2.45) is 0 Å². The number of nitrogens with one attached hydrogen (secondary N) is 1. The van der Waals surface area contributed by atoms with E-state index >= 15 is 0 Å². The Balaban J connectivity index is 3.05. The molecule has 0 unspecified atom stereocenters. The first-order valence-corrected chi connectivity index (χ1v) is 4.57. The molecule has 1 aromatic rings. The largest absolute Gasteiger partial charge is 0.326 e. The Hall–Kier alpha value is -1.53. The van der Waals surface area contributed by atoms with Crippen LogP contribution >= 0.6 is 11.6 Å². The van der Waals surface area contributed by atoms with Crippen LogP contribution in [0.3, 0.4) is 0 Å². The second-order valence-electron chi connectivity index (χ2n) is 2.85. The number of amides is 1. The fourth-order valence-corrected chi connectivity index (χ4v) is 1.26. The van der Waals surface area contributed by atoms with Gasteiger partial charge in [-0.25, -0.2) is 0 Å². The van der Waals surface area contributed by atoms with Crippen molar-refractivity contribution >= 4 is 23.2 Å². The van der Waals surface area contributed by atoms with E-state index in [0.29, 0.717) is 17.1 Å². The molecule has 3 nitrogen and oxygen atoms in total. The van der Waals surface area contributed by atoms with Crippen molar-refractivity contribution in [1.29, 1.82) is 5.26 Å². The van der Waals surface area contributed by atoms with Crippen LogP contribution in [0.25, 0.3) is 0 Å². The van der Waals surface area contributed by atoms with Gasteiger partial charge in [0, 0.05) is 18.5 Å². The van der Waals surface area contributed by atoms with Crippen molar-refractivity contribution in [3.8, 4) is 6.07 Å². The van der Waals surface area contributed by atoms with Crippen molar-refractivity contribution in [2.45, 2.75) is 12.8 Å². The summed E-state index contributed by atoms with van der Waals surface area (Å²) in [5.74, 6) is 0.155. The predicted molar refractivity (Wildman–Crippen MR) is 55.0 cm³/mol. The minimum Gasteiger partial charge on any atom is -0.326 e. The van der Waals surface area contributed by atoms with Crippen molar-refractivity contribution in [3.63, 3.8) is 0 Å². The average Bonchev–Trinajstić information content (AvgIpc) is 2.16. The number of hydrogen-bond donors (Lipinski definition) is 1. The van der Waals surface area contributed by atoms with E-state index in [0.717, 1.165) is 5.56 Å². The molecule has 0 saturated carbocycles. The zero-order valence-corrected chi connectivity index (χ0v) is 8.43. The Labute approximate surface area is 87.3 Å². The summed E-state index contributed by atoms with van der Waals surface area (Å²) in [5, 5.41) is 11.3. The summed E-state index contributed by atoms with van der Waals surface area (Å²) in [4.78, 5) is 10.8. The number of anilines is 1. The highest BCUT2D eigenvalue weighted by molar-refractivity contribution is 6.17. The van der Waals surface area contributed by atoms with E-state index in [2.05, 4.69) is 5.32 Å². The van der Waals surface area contributed by atoms with E-state index in [-0.39, 0.29) is 5.91 Å². The van der Waals surface area contributed by atoms with Gasteiger partial charge in [0.1, 0.15) is 0 Å². The van der Waals surface area contributed by atoms with E-state index in [1.807, 2.05) is 6.07 Å². The molecule has 1 amide bonds. The van der Waals surface area contributed by atoms with Crippen molar-refractivity contribution < 1.29 is 4.79 Å². The zero-order chi connectivity index (χ0) is 10.6. The SMILES string of the molecule is CC(=O)Nc1cc(C#N)cc(CCl)c1. The Kier molecular flexibility index (Phi) is 3.49. The lowest BCUT2D eigenvalue weighted by atomic mass is 10.1. The maximum absolute atomic E-state index is 10.8. The highest BCUT2D eigenvalue weighted by atomic mass is 35.5. The van der Waals surface area contributed by atoms with Gasteiger partial charge in [-0.3, -0.25) is 4.79 Å². The van der Waals surface area contributed by atoms with Crippen LogP contribution in [0.2, 0.25) is 0 Å². The van der Waals surface area contributed by atoms with E-state index in [1.54, 1.807) is 18.2 Å². The van der Waals surface area contributed by atoms with Crippen LogP contribution in [0.15, 0.2) is 18.2 Å². The molecule has 0 saturated heterocycles. The second-order valence-corrected chi connectivity index (χ2v) is 3.11. The molecule has 14 heavy (non-hydrogen) atoms. The van der Waals surface area contributed by atoms with Crippen LogP contribution in [0.4, 0.5) is 5.69 Å². The van der Waals surface area contributed by atoms with Crippen LogP contribution in [0.5, 0.6) is 0 Å². The lowest BCUT2D eigenvalue weighted by Gasteiger charge is -2.04. The molecule has 0 atom stereocenters. The molecule has 0 fully saturated rings. The number of hydrogen-bond acceptors (Lipinski definition) is 2. The maximum Gasteiger partial charge on any atom is 0.221 e. The smallest absolute Gasteiger partial charge is 0.221 e. The van der Waals surface area contributed by atoms with Crippen molar-refractivity contribution in [3.05, 3.63) is 29.3 Å². The van der Waals surface area contributed by atoms with E-state index in [9.17, 15) is 4.79 Å². The van der Waals surface area contributed by atoms with Gasteiger partial charge in [-0.05, 0) is 23.8 Å². The third kappa shape index (κ3) is 2.75. The van der Waals surface area contributed by atoms with Gasteiger partial charge in [0.25, 0.3) is 0 Å². The van der Waals surface area contributed by atoms with Gasteiger partial charge in [-0.15, -0.1) is 11.6 Å². The van der Waals surface area contributed by atoms with Gasteiger partial charge in [0.05, 0.1) is 11.6 Å². The average molecular weight is 209 g/mol. The highest BCUT2D eigenvalue weighted by Crippen LogP contribution is 2.16. The van der Waals surface area contributed by atoms with Gasteiger partial charge in [-0.2, -0.15) is 5.26 Å². The number of halogens is 1. The lowest BCUT2D eigenvalue weighted by molar-refractivity contribution is -0.114. The minimum atomic E-state index is -0.166. The molecule has 0 aliphatic carbocycles. The third-order valence-corrected chi connectivity index (χ3v) is 1.91. The van der Waals surface area contributed by atoms with Gasteiger partial charge in [0.15, 0.2) is 0 Å². The summed E-state index contributed by atoms with van der Waals surface area (Å²) in [7, 11) is 0. The minimum absolute atomic E-state index is 0.166. The molecule has 4 heteroatoms. The van der Waals surface area contributed by atoms with Crippen LogP contribution in [0.1, 0.15) is 18.1 Å². The number of alkyl halides is 1. The molecule has 1 rings (SSSR count). The van der Waals surface area contributed by atoms with Crippen LogP contribution in [-0.2, 0) is 10.7 Å². The molecule has 0 bridgehead atoms. The zero-order valence-electron chi connectivity index (χ0n) is 7.67. The van der Waals surface area contributed by atoms with Crippen molar-refractivity contribution in [1.82, 2.24) is 0 Å². The fraction of sp³-hybridized carbons (Fsp3) is 0.200. The molecular weight excluding hydrogens is 200 g/mol. The molecule has 1 N–H and O–H groups in total. The summed E-state index contributed by atoms with van der Waals surface area (Å²) in [6.45, 7) is 1.42. The molecule has 72 valence electrons. The normalized spacial score (nSPS) is 9.21. The van der Waals surface area contributed by atoms with E-state index < -0.39 is 0 Å². The molecule has 0 aliphatic rings. The monoisotopic (exact) mass is 208 g/mol. The first-order chi connectivity index (χ1) is 6.65. The van der Waals surface area contributed by atoms with Crippen LogP contribution < -0.4 is 5.32 Å². The molecule has 1 aromatic carbocycles. The predicted octanol–water partition coefficient (Wildman–Crippen LogP) is 2.26. The molecule has 0 spiro atoms. The first kappa shape index (κ1) is 10.6. The fourth-order valence-electron chi connectivity index (χ4n) is 1.11. The van der Waals surface area contributed by atoms with Crippen LogP contribution in [0, 0.1) is 11.3 Å². The number of nitrogens with zero attached hydrogens (tertiary/aromatic N) is 1. The number of carbonyl (C=O) groups is 1. The van der Waals surface area contributed by atoms with E-state index in [1.165, 1.54) is 6.92 Å². The molecule has 0 radical (unpaired) electrons. The number of nitriles is 1. The standard InChI is InChI=1S/C10H9ClN2O/c1-7(14)13-10-3-8(5-11)2-9(4-10)6-12/h2-4H,5H2,1H3,(H,13,14). The quantitative estimate of drug-likeness (QED) is 0.758. The molecule has 0 aliphatic heterocycles. The summed E-state index contributed by atoms with van der Waals surface area (Å²) < 4.78 is 0. The molecule has 0 heterocycles. The Bertz CT molecular complexity index is 396. The summed E-state index contributed by atoms with van der Waals surface area (Å²) in [5.41, 5.74) is 1.91. The van der Waals surface area contributed by atoms with Gasteiger partial charge in [0.2, 0.25) is 5.91 Å². The van der Waals surface area contributed by atoms with Gasteiger partial charge < -0.3 is 5.32 Å². The molecule has 0 aromatic heterocycles. The topological polar surface area (TPSA) is 52.9 Å². The summed E-state index contributed by atoms with van der Waals surface area (Å²) >= 11 is 5.64. The number of benzene rings is 1. The first-order valence-electron chi connectivity index (χ1n) is 4.03. The Morgan fingerprint density at radius 2 is 2.29 bits per heavy atom. The Morgan fingerprint density at radius 1 is 1.57 bits per heavy atom. The number of carbonyl (C=O) groups excluding carboxylic acids is 1. The number of rotatable bonds is 2. The maximum atomic E-state index is 10.8. The Morgan fingerprint density at radius 3 is 2.79 bits per heavy atom. The summed E-state index contributed by atoms with van der Waals surface area (Å²) in [6, 6.07) is 7.05. The third-order valence-electron chi connectivity index (χ3n) is 1.60. The van der Waals surface area contributed by atoms with Gasteiger partial charge >= 0.3 is 0 Å². The van der Waals surface area contributed by atoms with Gasteiger partial charge in [-0.1, -0.05) is 0 Å². The lowest BCUT2D eigenvalue weighted by Crippen LogP contribution is -2.06. The summed E-state index contributed by atoms with van der Waals surface area (Å²) in [6.07, 6.45) is 0. The van der Waals surface area contributed by atoms with E-state index in [4.69, 9.17) is 16.9 Å². The second kappa shape index (κ2) is 4.64. The van der Waals surface area contributed by atoms with Crippen LogP contribution in [-0.4, -0.2) is 5.91 Å². The highest BCUT2D eigenvalue weighted by Gasteiger charge is 2.01.